The summed E-state index contributed by atoms with van der Waals surface area (Å²) in [6, 6.07) is 10.2. The molecule has 0 radical (unpaired) electrons. The first-order chi connectivity index (χ1) is 19.6. The summed E-state index contributed by atoms with van der Waals surface area (Å²) in [6.07, 6.45) is 9.67. The number of methoxy groups -OCH3 is 1. The van der Waals surface area contributed by atoms with Crippen molar-refractivity contribution in [2.24, 2.45) is 5.92 Å². The summed E-state index contributed by atoms with van der Waals surface area (Å²) in [5.41, 5.74) is 5.90. The highest BCUT2D eigenvalue weighted by atomic mass is 19.1. The first kappa shape index (κ1) is 23.9. The van der Waals surface area contributed by atoms with Gasteiger partial charge in [-0.25, -0.2) is 19.3 Å². The van der Waals surface area contributed by atoms with Crippen LogP contribution < -0.4 is 10.1 Å². The molecule has 7 rings (SSSR count). The third-order valence-corrected chi connectivity index (χ3v) is 7.27. The number of rotatable bonds is 6. The summed E-state index contributed by atoms with van der Waals surface area (Å²) in [4.78, 5) is 33.7. The van der Waals surface area contributed by atoms with Crippen LogP contribution in [-0.2, 0) is 4.79 Å². The van der Waals surface area contributed by atoms with Crippen LogP contribution in [0.4, 0.5) is 10.1 Å². The largest absolute Gasteiger partial charge is 0.497 e. The van der Waals surface area contributed by atoms with Gasteiger partial charge in [-0.05, 0) is 48.7 Å². The molecule has 6 aromatic rings. The van der Waals surface area contributed by atoms with E-state index in [1.54, 1.807) is 36.9 Å². The van der Waals surface area contributed by atoms with Gasteiger partial charge in [-0.1, -0.05) is 6.42 Å². The fraction of sp³-hybridized carbons (Fsp3) is 0.172. The van der Waals surface area contributed by atoms with Gasteiger partial charge in [0, 0.05) is 47.3 Å². The third-order valence-electron chi connectivity index (χ3n) is 7.27. The first-order valence-electron chi connectivity index (χ1n) is 12.9. The third kappa shape index (κ3) is 4.21. The number of pyridine rings is 3. The predicted octanol–water partition coefficient (Wildman–Crippen LogP) is 5.51. The molecule has 0 saturated heterocycles. The van der Waals surface area contributed by atoms with E-state index in [0.29, 0.717) is 45.3 Å². The standard InChI is InChI=1S/C29H23FN8O2/c1-40-21-9-16(7-19(30)11-21)22-5-6-32-27-24(22)35-28(36-27)25-23-10-18(13-33-26(23)38-37-25)17-8-20(14-31-12-17)34-29(39)15-3-2-4-15/h5-15H,2-4H2,1H3,(H,34,39)(H,32,35,36)(H,33,37,38). The maximum atomic E-state index is 14.3. The molecule has 1 fully saturated rings. The Kier molecular flexibility index (Phi) is 5.69. The van der Waals surface area contributed by atoms with Gasteiger partial charge >= 0.3 is 0 Å². The molecular weight excluding hydrogens is 511 g/mol. The summed E-state index contributed by atoms with van der Waals surface area (Å²) in [7, 11) is 1.50. The molecule has 1 amide bonds. The summed E-state index contributed by atoms with van der Waals surface area (Å²) in [5, 5.41) is 11.1. The number of aromatic amines is 2. The molecule has 198 valence electrons. The monoisotopic (exact) mass is 534 g/mol. The van der Waals surface area contributed by atoms with Gasteiger partial charge < -0.3 is 15.0 Å². The molecule has 0 bridgehead atoms. The summed E-state index contributed by atoms with van der Waals surface area (Å²) in [6.45, 7) is 0. The number of ether oxygens (including phenoxy) is 1. The maximum absolute atomic E-state index is 14.3. The van der Waals surface area contributed by atoms with E-state index in [9.17, 15) is 9.18 Å². The van der Waals surface area contributed by atoms with Crippen molar-refractivity contribution in [1.82, 2.24) is 35.1 Å². The van der Waals surface area contributed by atoms with Gasteiger partial charge in [0.05, 0.1) is 29.9 Å². The molecule has 0 atom stereocenters. The van der Waals surface area contributed by atoms with Crippen molar-refractivity contribution in [2.45, 2.75) is 19.3 Å². The minimum absolute atomic E-state index is 0.0328. The van der Waals surface area contributed by atoms with Crippen LogP contribution in [0.2, 0.25) is 0 Å². The van der Waals surface area contributed by atoms with Crippen molar-refractivity contribution < 1.29 is 13.9 Å². The number of nitrogens with zero attached hydrogens (tertiary/aromatic N) is 5. The lowest BCUT2D eigenvalue weighted by Crippen LogP contribution is -2.28. The number of imidazole rings is 1. The van der Waals surface area contributed by atoms with E-state index < -0.39 is 5.82 Å². The van der Waals surface area contributed by atoms with Crippen molar-refractivity contribution in [3.63, 3.8) is 0 Å². The van der Waals surface area contributed by atoms with Crippen molar-refractivity contribution in [2.75, 3.05) is 12.4 Å². The van der Waals surface area contributed by atoms with Crippen LogP contribution in [0.15, 0.2) is 61.2 Å². The number of halogens is 1. The molecule has 0 unspecified atom stereocenters. The zero-order valence-corrected chi connectivity index (χ0v) is 21.4. The fourth-order valence-electron chi connectivity index (χ4n) is 4.93. The van der Waals surface area contributed by atoms with Crippen LogP contribution in [0.1, 0.15) is 19.3 Å². The zero-order chi connectivity index (χ0) is 27.2. The lowest BCUT2D eigenvalue weighted by atomic mass is 9.85. The number of nitrogens with one attached hydrogen (secondary N) is 3. The van der Waals surface area contributed by atoms with Gasteiger partial charge in [-0.2, -0.15) is 5.10 Å². The topological polar surface area (TPSA) is 134 Å². The van der Waals surface area contributed by atoms with Crippen molar-refractivity contribution in [1.29, 1.82) is 0 Å². The molecule has 1 saturated carbocycles. The van der Waals surface area contributed by atoms with E-state index in [2.05, 4.69) is 40.4 Å². The quantitative estimate of drug-likeness (QED) is 0.256. The molecule has 11 heteroatoms. The molecule has 1 aliphatic rings. The first-order valence-corrected chi connectivity index (χ1v) is 12.9. The Morgan fingerprint density at radius 3 is 2.73 bits per heavy atom. The van der Waals surface area contributed by atoms with Gasteiger partial charge in [0.1, 0.15) is 17.3 Å². The number of carbonyl (C=O) groups is 1. The van der Waals surface area contributed by atoms with Crippen LogP contribution in [0.3, 0.4) is 0 Å². The number of anilines is 1. The Bertz CT molecular complexity index is 1910. The highest BCUT2D eigenvalue weighted by molar-refractivity contribution is 5.97. The molecule has 5 aromatic heterocycles. The minimum Gasteiger partial charge on any atom is -0.497 e. The number of fused-ring (bicyclic) bond motifs is 2. The molecule has 10 nitrogen and oxygen atoms in total. The van der Waals surface area contributed by atoms with E-state index in [0.717, 1.165) is 41.3 Å². The number of aromatic nitrogens is 7. The number of hydrogen-bond acceptors (Lipinski definition) is 7. The van der Waals surface area contributed by atoms with Gasteiger partial charge in [-0.3, -0.25) is 14.9 Å². The van der Waals surface area contributed by atoms with Crippen LogP contribution in [-0.4, -0.2) is 48.1 Å². The smallest absolute Gasteiger partial charge is 0.227 e. The molecular formula is C29H23FN8O2. The summed E-state index contributed by atoms with van der Waals surface area (Å²) >= 11 is 0. The second-order valence-corrected chi connectivity index (χ2v) is 9.80. The second kappa shape index (κ2) is 9.53. The van der Waals surface area contributed by atoms with Crippen LogP contribution >= 0.6 is 0 Å². The SMILES string of the molecule is COc1cc(F)cc(-c2ccnc3nc(-c4[nH]nc5ncc(-c6cncc(NC(=O)C7CCC7)c6)cc45)[nH]c23)c1. The predicted molar refractivity (Wildman–Crippen MR) is 148 cm³/mol. The molecule has 3 N–H and O–H groups in total. The number of hydrogen-bond donors (Lipinski definition) is 3. The van der Waals surface area contributed by atoms with Crippen molar-refractivity contribution in [3.05, 3.63) is 67.0 Å². The zero-order valence-electron chi connectivity index (χ0n) is 21.4. The number of benzene rings is 1. The average molecular weight is 535 g/mol. The Morgan fingerprint density at radius 2 is 1.90 bits per heavy atom. The highest BCUT2D eigenvalue weighted by Crippen LogP contribution is 2.34. The summed E-state index contributed by atoms with van der Waals surface area (Å²) < 4.78 is 19.5. The van der Waals surface area contributed by atoms with Gasteiger partial charge in [-0.15, -0.1) is 0 Å². The summed E-state index contributed by atoms with van der Waals surface area (Å²) in [5.74, 6) is 0.638. The Hall–Kier alpha value is -5.19. The number of amides is 1. The molecule has 0 aliphatic heterocycles. The van der Waals surface area contributed by atoms with E-state index in [1.807, 2.05) is 12.1 Å². The maximum Gasteiger partial charge on any atom is 0.227 e. The van der Waals surface area contributed by atoms with E-state index in [-0.39, 0.29) is 11.8 Å². The van der Waals surface area contributed by atoms with Gasteiger partial charge in [0.2, 0.25) is 5.91 Å². The van der Waals surface area contributed by atoms with Gasteiger partial charge in [0.25, 0.3) is 0 Å². The molecule has 5 heterocycles. The van der Waals surface area contributed by atoms with E-state index in [1.165, 1.54) is 19.2 Å². The fourth-order valence-corrected chi connectivity index (χ4v) is 4.93. The van der Waals surface area contributed by atoms with Crippen molar-refractivity contribution in [3.8, 4) is 39.5 Å². The van der Waals surface area contributed by atoms with Gasteiger partial charge in [0.15, 0.2) is 17.1 Å². The van der Waals surface area contributed by atoms with Crippen LogP contribution in [0.25, 0.3) is 56.0 Å². The number of carbonyl (C=O) groups excluding carboxylic acids is 1. The second-order valence-electron chi connectivity index (χ2n) is 9.80. The Balaban J connectivity index is 1.26. The average Bonchev–Trinajstić information content (AvgIpc) is 3.55. The molecule has 40 heavy (non-hydrogen) atoms. The van der Waals surface area contributed by atoms with Crippen molar-refractivity contribution >= 4 is 33.8 Å². The normalized spacial score (nSPS) is 13.4. The lowest BCUT2D eigenvalue weighted by Gasteiger charge is -2.24. The Morgan fingerprint density at radius 1 is 1.02 bits per heavy atom. The molecule has 1 aromatic carbocycles. The minimum atomic E-state index is -0.404. The van der Waals surface area contributed by atoms with E-state index in [4.69, 9.17) is 4.74 Å². The lowest BCUT2D eigenvalue weighted by molar-refractivity contribution is -0.122. The number of H-pyrrole nitrogens is 2. The van der Waals surface area contributed by atoms with Crippen LogP contribution in [0, 0.1) is 11.7 Å². The Labute approximate surface area is 227 Å². The van der Waals surface area contributed by atoms with E-state index >= 15 is 0 Å². The molecule has 0 spiro atoms. The molecule has 1 aliphatic carbocycles. The van der Waals surface area contributed by atoms with Crippen LogP contribution in [0.5, 0.6) is 5.75 Å². The highest BCUT2D eigenvalue weighted by Gasteiger charge is 2.25.